The van der Waals surface area contributed by atoms with Gasteiger partial charge in [0.15, 0.2) is 5.96 Å². The zero-order chi connectivity index (χ0) is 19.0. The van der Waals surface area contributed by atoms with Gasteiger partial charge < -0.3 is 19.7 Å². The summed E-state index contributed by atoms with van der Waals surface area (Å²) in [6.07, 6.45) is 1.16. The minimum Gasteiger partial charge on any atom is -0.492 e. The van der Waals surface area contributed by atoms with E-state index in [-0.39, 0.29) is 29.4 Å². The molecule has 1 heterocycles. The second kappa shape index (κ2) is 11.7. The number of rotatable bonds is 7. The zero-order valence-corrected chi connectivity index (χ0v) is 19.8. The van der Waals surface area contributed by atoms with Gasteiger partial charge in [0.1, 0.15) is 12.4 Å². The largest absolute Gasteiger partial charge is 0.492 e. The maximum absolute atomic E-state index is 5.92. The molecule has 5 nitrogen and oxygen atoms in total. The van der Waals surface area contributed by atoms with Gasteiger partial charge >= 0.3 is 0 Å². The summed E-state index contributed by atoms with van der Waals surface area (Å²) in [5.74, 6) is 2.50. The smallest absolute Gasteiger partial charge is 0.194 e. The van der Waals surface area contributed by atoms with Gasteiger partial charge in [0.2, 0.25) is 0 Å². The molecular formula is C21H36IN3O2. The molecule has 1 aliphatic rings. The van der Waals surface area contributed by atoms with Crippen molar-refractivity contribution in [2.45, 2.75) is 39.5 Å². The molecule has 2 rings (SSSR count). The number of likely N-dealkylation sites (tertiary alicyclic amines) is 1. The predicted molar refractivity (Wildman–Crippen MR) is 124 cm³/mol. The Morgan fingerprint density at radius 2 is 2.11 bits per heavy atom. The van der Waals surface area contributed by atoms with E-state index in [0.717, 1.165) is 44.4 Å². The quantitative estimate of drug-likeness (QED) is 0.273. The van der Waals surface area contributed by atoms with Crippen LogP contribution in [0.5, 0.6) is 5.75 Å². The summed E-state index contributed by atoms with van der Waals surface area (Å²) in [7, 11) is 1.77. The van der Waals surface area contributed by atoms with Crippen molar-refractivity contribution in [2.75, 3.05) is 46.5 Å². The first-order valence-corrected chi connectivity index (χ1v) is 9.69. The van der Waals surface area contributed by atoms with Gasteiger partial charge in [0, 0.05) is 32.7 Å². The fourth-order valence-corrected chi connectivity index (χ4v) is 3.19. The Balaban J connectivity index is 0.00000364. The molecule has 1 N–H and O–H groups in total. The van der Waals surface area contributed by atoms with Crippen molar-refractivity contribution in [1.82, 2.24) is 10.2 Å². The molecule has 0 spiro atoms. The van der Waals surface area contributed by atoms with Crippen LogP contribution in [-0.4, -0.2) is 57.4 Å². The lowest BCUT2D eigenvalue weighted by Crippen LogP contribution is -2.40. The maximum Gasteiger partial charge on any atom is 0.194 e. The molecule has 27 heavy (non-hydrogen) atoms. The van der Waals surface area contributed by atoms with Gasteiger partial charge in [-0.15, -0.1) is 24.0 Å². The molecular weight excluding hydrogens is 453 g/mol. The van der Waals surface area contributed by atoms with Crippen LogP contribution < -0.4 is 10.1 Å². The molecule has 0 bridgehead atoms. The molecule has 0 aliphatic carbocycles. The third kappa shape index (κ3) is 7.86. The third-order valence-corrected chi connectivity index (χ3v) is 4.64. The van der Waals surface area contributed by atoms with Gasteiger partial charge in [-0.3, -0.25) is 0 Å². The molecule has 1 aliphatic heterocycles. The number of guanidine groups is 1. The van der Waals surface area contributed by atoms with E-state index in [1.165, 1.54) is 5.56 Å². The zero-order valence-electron chi connectivity index (χ0n) is 17.5. The Hall–Kier alpha value is -1.02. The molecule has 1 aromatic carbocycles. The first-order valence-electron chi connectivity index (χ1n) is 9.69. The van der Waals surface area contributed by atoms with Crippen molar-refractivity contribution in [2.24, 2.45) is 10.9 Å². The Morgan fingerprint density at radius 1 is 1.33 bits per heavy atom. The molecule has 1 unspecified atom stereocenters. The van der Waals surface area contributed by atoms with Crippen LogP contribution in [0.15, 0.2) is 29.3 Å². The molecule has 0 saturated carbocycles. The third-order valence-electron chi connectivity index (χ3n) is 4.64. The standard InChI is InChI=1S/C21H35N3O2.HI/c1-6-22-20(24-12-10-17(15-24)16-25-5)23-11-13-26-19-9-7-8-18(14-19)21(2,3)4;/h7-9,14,17H,6,10-13,15-16H2,1-5H3,(H,22,23);1H. The van der Waals surface area contributed by atoms with Crippen LogP contribution in [-0.2, 0) is 10.2 Å². The molecule has 0 amide bonds. The summed E-state index contributed by atoms with van der Waals surface area (Å²) in [5, 5.41) is 3.39. The molecule has 6 heteroatoms. The van der Waals surface area contributed by atoms with Gasteiger partial charge in [-0.2, -0.15) is 0 Å². The summed E-state index contributed by atoms with van der Waals surface area (Å²) in [6, 6.07) is 8.35. The first kappa shape index (κ1) is 24.0. The summed E-state index contributed by atoms with van der Waals surface area (Å²) in [6.45, 7) is 13.7. The summed E-state index contributed by atoms with van der Waals surface area (Å²) in [4.78, 5) is 7.07. The van der Waals surface area contributed by atoms with Gasteiger partial charge in [0.25, 0.3) is 0 Å². The van der Waals surface area contributed by atoms with Crippen LogP contribution in [0.4, 0.5) is 0 Å². The highest BCUT2D eigenvalue weighted by atomic mass is 127. The van der Waals surface area contributed by atoms with Gasteiger partial charge in [0.05, 0.1) is 13.2 Å². The number of ether oxygens (including phenoxy) is 2. The highest BCUT2D eigenvalue weighted by Crippen LogP contribution is 2.25. The monoisotopic (exact) mass is 489 g/mol. The Kier molecular flexibility index (Phi) is 10.4. The van der Waals surface area contributed by atoms with Crippen molar-refractivity contribution in [3.8, 4) is 5.75 Å². The van der Waals surface area contributed by atoms with Crippen LogP contribution >= 0.6 is 24.0 Å². The number of methoxy groups -OCH3 is 1. The van der Waals surface area contributed by atoms with E-state index in [0.29, 0.717) is 19.1 Å². The van der Waals surface area contributed by atoms with Crippen LogP contribution in [0.25, 0.3) is 0 Å². The first-order chi connectivity index (χ1) is 12.4. The SMILES string of the molecule is CCNC(=NCCOc1cccc(C(C)(C)C)c1)N1CCC(COC)C1.I. The van der Waals surface area contributed by atoms with E-state index < -0.39 is 0 Å². The minimum atomic E-state index is 0. The van der Waals surface area contributed by atoms with Gasteiger partial charge in [-0.05, 0) is 36.5 Å². The van der Waals surface area contributed by atoms with Crippen LogP contribution in [0.3, 0.4) is 0 Å². The van der Waals surface area contributed by atoms with Crippen molar-refractivity contribution in [1.29, 1.82) is 0 Å². The Morgan fingerprint density at radius 3 is 2.78 bits per heavy atom. The lowest BCUT2D eigenvalue weighted by molar-refractivity contribution is 0.157. The minimum absolute atomic E-state index is 0. The van der Waals surface area contributed by atoms with Crippen molar-refractivity contribution < 1.29 is 9.47 Å². The fourth-order valence-electron chi connectivity index (χ4n) is 3.19. The number of nitrogens with zero attached hydrogens (tertiary/aromatic N) is 2. The van der Waals surface area contributed by atoms with Gasteiger partial charge in [-0.25, -0.2) is 4.99 Å². The fraction of sp³-hybridized carbons (Fsp3) is 0.667. The van der Waals surface area contributed by atoms with E-state index in [2.05, 4.69) is 56.1 Å². The second-order valence-corrected chi connectivity index (χ2v) is 7.92. The highest BCUT2D eigenvalue weighted by Gasteiger charge is 2.24. The van der Waals surface area contributed by atoms with Crippen molar-refractivity contribution >= 4 is 29.9 Å². The molecule has 1 atom stereocenters. The molecule has 1 saturated heterocycles. The van der Waals surface area contributed by atoms with Crippen LogP contribution in [0, 0.1) is 5.92 Å². The van der Waals surface area contributed by atoms with E-state index in [9.17, 15) is 0 Å². The van der Waals surface area contributed by atoms with Crippen molar-refractivity contribution in [3.05, 3.63) is 29.8 Å². The normalized spacial score (nSPS) is 17.6. The second-order valence-electron chi connectivity index (χ2n) is 7.92. The van der Waals surface area contributed by atoms with Crippen molar-refractivity contribution in [3.63, 3.8) is 0 Å². The van der Waals surface area contributed by atoms with E-state index >= 15 is 0 Å². The number of halogens is 1. The lowest BCUT2D eigenvalue weighted by Gasteiger charge is -2.22. The molecule has 1 aromatic rings. The summed E-state index contributed by atoms with van der Waals surface area (Å²) in [5.41, 5.74) is 1.41. The lowest BCUT2D eigenvalue weighted by atomic mass is 9.87. The average molecular weight is 489 g/mol. The topological polar surface area (TPSA) is 46.1 Å². The van der Waals surface area contributed by atoms with E-state index in [4.69, 9.17) is 14.5 Å². The Bertz CT molecular complexity index is 587. The van der Waals surface area contributed by atoms with Crippen LogP contribution in [0.1, 0.15) is 39.7 Å². The van der Waals surface area contributed by atoms with Gasteiger partial charge in [-0.1, -0.05) is 32.9 Å². The number of hydrogen-bond acceptors (Lipinski definition) is 3. The molecule has 154 valence electrons. The number of benzene rings is 1. The Labute approximate surface area is 181 Å². The highest BCUT2D eigenvalue weighted by molar-refractivity contribution is 14.0. The average Bonchev–Trinajstić information content (AvgIpc) is 3.06. The number of hydrogen-bond donors (Lipinski definition) is 1. The van der Waals surface area contributed by atoms with Crippen LogP contribution in [0.2, 0.25) is 0 Å². The predicted octanol–water partition coefficient (Wildman–Crippen LogP) is 3.91. The number of aliphatic imine (C=N–C) groups is 1. The number of nitrogens with one attached hydrogen (secondary N) is 1. The van der Waals surface area contributed by atoms with E-state index in [1.807, 2.05) is 6.07 Å². The van der Waals surface area contributed by atoms with E-state index in [1.54, 1.807) is 7.11 Å². The maximum atomic E-state index is 5.92. The summed E-state index contributed by atoms with van der Waals surface area (Å²) >= 11 is 0. The molecule has 1 fully saturated rings. The molecule has 0 radical (unpaired) electrons. The molecule has 0 aromatic heterocycles. The summed E-state index contributed by atoms with van der Waals surface area (Å²) < 4.78 is 11.2.